The summed E-state index contributed by atoms with van der Waals surface area (Å²) >= 11 is 0. The minimum absolute atomic E-state index is 0. The number of esters is 1. The minimum Gasteiger partial charge on any atom is -0.459 e. The monoisotopic (exact) mass is 331 g/mol. The molecule has 0 radical (unpaired) electrons. The molecule has 12 heavy (non-hydrogen) atoms. The molecule has 0 aromatic heterocycles. The van der Waals surface area contributed by atoms with Crippen LogP contribution in [-0.2, 0) is 29.0 Å². The number of hydrogen-bond acceptors (Lipinski definition) is 2. The molecule has 0 bridgehead atoms. The van der Waals surface area contributed by atoms with Gasteiger partial charge in [-0.15, -0.1) is 24.0 Å². The molecule has 0 aromatic carbocycles. The van der Waals surface area contributed by atoms with Gasteiger partial charge in [0, 0.05) is 31.8 Å². The molecule has 0 aliphatic heterocycles. The molecule has 0 atom stereocenters. The van der Waals surface area contributed by atoms with Crippen LogP contribution in [0.1, 0.15) is 19.3 Å². The van der Waals surface area contributed by atoms with Crippen molar-refractivity contribution >= 4 is 29.9 Å². The second kappa shape index (κ2) is 13.9. The maximum Gasteiger partial charge on any atom is 0.384 e. The number of ether oxygens (including phenoxy) is 1. The van der Waals surface area contributed by atoms with Crippen molar-refractivity contribution in [1.29, 1.82) is 0 Å². The van der Waals surface area contributed by atoms with Gasteiger partial charge in [0.1, 0.15) is 0 Å². The summed E-state index contributed by atoms with van der Waals surface area (Å²) in [6, 6.07) is 0. The van der Waals surface area contributed by atoms with Crippen LogP contribution >= 0.6 is 24.0 Å². The topological polar surface area (TPSA) is 26.3 Å². The van der Waals surface area contributed by atoms with Crippen molar-refractivity contribution in [2.45, 2.75) is 19.3 Å². The predicted molar refractivity (Wildman–Crippen MR) is 54.4 cm³/mol. The summed E-state index contributed by atoms with van der Waals surface area (Å²) in [6.45, 7) is 3.64. The zero-order chi connectivity index (χ0) is 7.82. The van der Waals surface area contributed by atoms with E-state index in [1.807, 2.05) is 0 Å². The molecule has 0 aliphatic rings. The summed E-state index contributed by atoms with van der Waals surface area (Å²) in [4.78, 5) is 10.4. The second-order valence-electron chi connectivity index (χ2n) is 1.75. The number of methoxy groups -OCH3 is 1. The van der Waals surface area contributed by atoms with Gasteiger partial charge in [0.2, 0.25) is 0 Å². The first-order valence-electron chi connectivity index (χ1n) is 3.17. The van der Waals surface area contributed by atoms with E-state index >= 15 is 0 Å². The number of carbonyl (C=O) groups excluding carboxylic acids is 1. The van der Waals surface area contributed by atoms with E-state index in [1.165, 1.54) is 7.11 Å². The molecule has 0 heterocycles. The van der Waals surface area contributed by atoms with Gasteiger partial charge in [-0.1, -0.05) is 12.3 Å². The smallest absolute Gasteiger partial charge is 0.384 e. The molecule has 0 saturated heterocycles. The molecule has 4 heteroatoms. The van der Waals surface area contributed by atoms with Crippen LogP contribution in [0.5, 0.6) is 0 Å². The minimum atomic E-state index is -0.468. The summed E-state index contributed by atoms with van der Waals surface area (Å²) in [6.07, 6.45) is 2.51. The molecule has 0 aliphatic carbocycles. The Bertz CT molecular complexity index is 160. The van der Waals surface area contributed by atoms with Crippen LogP contribution in [-0.4, -0.2) is 13.1 Å². The third-order valence-electron chi connectivity index (χ3n) is 0.928. The summed E-state index contributed by atoms with van der Waals surface area (Å²) in [5.74, 6) is 4.53. The Balaban J connectivity index is -0.000000405. The van der Waals surface area contributed by atoms with Gasteiger partial charge in [-0.3, -0.25) is 0 Å². The Morgan fingerprint density at radius 1 is 1.58 bits per heavy atom. The average Bonchev–Trinajstić information content (AvgIpc) is 1.98. The largest absolute Gasteiger partial charge is 0.459 e. The molecule has 0 amide bonds. The molecule has 0 saturated carbocycles. The van der Waals surface area contributed by atoms with Gasteiger partial charge in [0.05, 0.1) is 7.11 Å². The zero-order valence-corrected chi connectivity index (χ0v) is 12.6. The maximum absolute atomic E-state index is 10.4. The molecule has 0 rings (SSSR count). The van der Waals surface area contributed by atoms with E-state index in [0.29, 0.717) is 0 Å². The fraction of sp³-hybridized carbons (Fsp3) is 0.500. The molecule has 0 N–H and O–H groups in total. The first-order chi connectivity index (χ1) is 4.81. The van der Waals surface area contributed by atoms with Gasteiger partial charge in [0.25, 0.3) is 0 Å². The Kier molecular flexibility index (Phi) is 21.2. The van der Waals surface area contributed by atoms with Gasteiger partial charge >= 0.3 is 5.97 Å². The van der Waals surface area contributed by atoms with Crippen molar-refractivity contribution in [2.75, 3.05) is 7.11 Å². The fourth-order valence-corrected chi connectivity index (χ4v) is 0.399. The Morgan fingerprint density at radius 3 is 2.58 bits per heavy atom. The predicted octanol–water partition coefficient (Wildman–Crippen LogP) is 1.78. The van der Waals surface area contributed by atoms with Gasteiger partial charge in [0.15, 0.2) is 0 Å². The van der Waals surface area contributed by atoms with Gasteiger partial charge in [-0.2, -0.15) is 6.42 Å². The summed E-state index contributed by atoms with van der Waals surface area (Å²) in [5, 5.41) is 0. The van der Waals surface area contributed by atoms with Crippen LogP contribution in [0.25, 0.3) is 0 Å². The van der Waals surface area contributed by atoms with E-state index in [0.717, 1.165) is 19.3 Å². The second-order valence-corrected chi connectivity index (χ2v) is 1.75. The molecular formula is C8H12IO2Zn-. The van der Waals surface area contributed by atoms with Gasteiger partial charge in [-0.05, 0) is 0 Å². The van der Waals surface area contributed by atoms with E-state index in [1.54, 1.807) is 0 Å². The number of halogens is 1. The molecule has 0 spiro atoms. The fourth-order valence-electron chi connectivity index (χ4n) is 0.399. The van der Waals surface area contributed by atoms with Crippen LogP contribution in [0.2, 0.25) is 0 Å². The zero-order valence-electron chi connectivity index (χ0n) is 7.26. The molecule has 0 fully saturated rings. The maximum atomic E-state index is 10.4. The van der Waals surface area contributed by atoms with E-state index in [-0.39, 0.29) is 43.5 Å². The summed E-state index contributed by atoms with van der Waals surface area (Å²) < 4.78 is 4.30. The van der Waals surface area contributed by atoms with Crippen molar-refractivity contribution < 1.29 is 29.0 Å². The first kappa shape index (κ1) is 18.2. The van der Waals surface area contributed by atoms with Gasteiger partial charge in [-0.25, -0.2) is 4.79 Å². The van der Waals surface area contributed by atoms with Crippen molar-refractivity contribution in [3.63, 3.8) is 0 Å². The Labute approximate surface area is 104 Å². The number of rotatable bonds is 2. The number of hydrogen-bond donors (Lipinski definition) is 0. The molecular weight excluding hydrogens is 320 g/mol. The van der Waals surface area contributed by atoms with E-state index in [2.05, 4.69) is 23.5 Å². The Morgan fingerprint density at radius 2 is 2.17 bits per heavy atom. The quantitative estimate of drug-likeness (QED) is 0.147. The normalized spacial score (nSPS) is 6.50. The number of unbranched alkanes of at least 4 members (excludes halogenated alkanes) is 2. The molecule has 0 unspecified atom stereocenters. The third-order valence-corrected chi connectivity index (χ3v) is 0.928. The van der Waals surface area contributed by atoms with Gasteiger partial charge < -0.3 is 11.7 Å². The standard InChI is InChI=1S/C8H11O2.HI.Zn/c1-3-4-5-6-7-8(9)10-2;;/h1,3-5H2,2H3;1H;/q-1;;. The van der Waals surface area contributed by atoms with E-state index in [4.69, 9.17) is 0 Å². The third kappa shape index (κ3) is 13.0. The van der Waals surface area contributed by atoms with Crippen LogP contribution in [0, 0.1) is 18.8 Å². The van der Waals surface area contributed by atoms with Crippen LogP contribution < -0.4 is 0 Å². The molecule has 0 aromatic rings. The SMILES string of the molecule is I.[CH2-]CCCC#CC(=O)OC.[Zn]. The van der Waals surface area contributed by atoms with Crippen molar-refractivity contribution in [3.05, 3.63) is 6.92 Å². The molecule has 66 valence electrons. The number of carbonyl (C=O) groups is 1. The average molecular weight is 332 g/mol. The van der Waals surface area contributed by atoms with Crippen LogP contribution in [0.4, 0.5) is 0 Å². The van der Waals surface area contributed by atoms with Crippen LogP contribution in [0.3, 0.4) is 0 Å². The molecule has 2 nitrogen and oxygen atoms in total. The first-order valence-corrected chi connectivity index (χ1v) is 3.17. The van der Waals surface area contributed by atoms with Crippen molar-refractivity contribution in [2.24, 2.45) is 0 Å². The van der Waals surface area contributed by atoms with Crippen molar-refractivity contribution in [3.8, 4) is 11.8 Å². The van der Waals surface area contributed by atoms with E-state index < -0.39 is 5.97 Å². The van der Waals surface area contributed by atoms with E-state index in [9.17, 15) is 4.79 Å². The van der Waals surface area contributed by atoms with Crippen LogP contribution in [0.15, 0.2) is 0 Å². The summed E-state index contributed by atoms with van der Waals surface area (Å²) in [5.41, 5.74) is 0. The van der Waals surface area contributed by atoms with Crippen molar-refractivity contribution in [1.82, 2.24) is 0 Å². The summed E-state index contributed by atoms with van der Waals surface area (Å²) in [7, 11) is 1.32. The Hall–Kier alpha value is 0.383.